The van der Waals surface area contributed by atoms with Crippen molar-refractivity contribution in [1.82, 2.24) is 5.06 Å². The molecule has 5 heteroatoms. The third-order valence-electron chi connectivity index (χ3n) is 12.4. The van der Waals surface area contributed by atoms with Crippen molar-refractivity contribution in [2.45, 2.75) is 309 Å². The maximum absolute atomic E-state index is 12.8. The van der Waals surface area contributed by atoms with Crippen LogP contribution in [0.25, 0.3) is 0 Å². The Kier molecular flexibility index (Phi) is 32.5. The molecule has 1 aliphatic heterocycles. The molecule has 0 saturated carbocycles. The molecule has 1 rings (SSSR count). The van der Waals surface area contributed by atoms with E-state index in [1.54, 1.807) is 0 Å². The lowest BCUT2D eigenvalue weighted by molar-refractivity contribution is -0.309. The Bertz CT molecular complexity index is 867. The van der Waals surface area contributed by atoms with Crippen LogP contribution in [-0.4, -0.2) is 47.0 Å². The summed E-state index contributed by atoms with van der Waals surface area (Å²) in [6.45, 7) is 19.1. The van der Waals surface area contributed by atoms with Crippen LogP contribution in [0, 0.1) is 0 Å². The van der Waals surface area contributed by atoms with Gasteiger partial charge in [-0.25, -0.2) is 0 Å². The van der Waals surface area contributed by atoms with Crippen LogP contribution in [0.15, 0.2) is 0 Å². The van der Waals surface area contributed by atoms with Gasteiger partial charge < -0.3 is 9.47 Å². The van der Waals surface area contributed by atoms with Crippen molar-refractivity contribution in [2.75, 3.05) is 13.2 Å². The molecule has 5 nitrogen and oxygen atoms in total. The zero-order valence-electron chi connectivity index (χ0n) is 39.5. The number of carbonyl (C=O) groups is 1. The van der Waals surface area contributed by atoms with Gasteiger partial charge in [0.25, 0.3) is 0 Å². The molecule has 0 atom stereocenters. The molecule has 334 valence electrons. The van der Waals surface area contributed by atoms with Crippen molar-refractivity contribution < 1.29 is 19.1 Å². The summed E-state index contributed by atoms with van der Waals surface area (Å²) < 4.78 is 12.4. The number of carbonyl (C=O) groups excluding carboxylic acids is 1. The smallest absolute Gasteiger partial charge is 0.306 e. The Morgan fingerprint density at radius 3 is 1.14 bits per heavy atom. The molecule has 1 aliphatic rings. The predicted molar refractivity (Wildman–Crippen MR) is 243 cm³/mol. The van der Waals surface area contributed by atoms with Gasteiger partial charge in [-0.1, -0.05) is 213 Å². The van der Waals surface area contributed by atoms with Crippen molar-refractivity contribution in [3.63, 3.8) is 0 Å². The molecule has 0 aromatic heterocycles. The van der Waals surface area contributed by atoms with Crippen molar-refractivity contribution in [3.05, 3.63) is 0 Å². The minimum atomic E-state index is -0.350. The molecule has 0 bridgehead atoms. The molecule has 56 heavy (non-hydrogen) atoms. The minimum Gasteiger partial charge on any atom is -0.462 e. The van der Waals surface area contributed by atoms with Crippen LogP contribution in [0.4, 0.5) is 0 Å². The number of piperidine rings is 1. The van der Waals surface area contributed by atoms with E-state index < -0.39 is 0 Å². The Morgan fingerprint density at radius 2 is 0.804 bits per heavy atom. The van der Waals surface area contributed by atoms with E-state index in [2.05, 4.69) is 60.5 Å². The summed E-state index contributed by atoms with van der Waals surface area (Å²) in [5, 5.41) is 2.17. The van der Waals surface area contributed by atoms with Gasteiger partial charge >= 0.3 is 5.97 Å². The van der Waals surface area contributed by atoms with E-state index in [9.17, 15) is 4.79 Å². The molecule has 1 heterocycles. The zero-order chi connectivity index (χ0) is 41.2. The number of esters is 1. The highest BCUT2D eigenvalue weighted by Crippen LogP contribution is 2.40. The molecular weight excluding hydrogens is 691 g/mol. The quantitative estimate of drug-likeness (QED) is 0.0457. The maximum Gasteiger partial charge on any atom is 0.306 e. The van der Waals surface area contributed by atoms with Gasteiger partial charge in [0.1, 0.15) is 6.10 Å². The van der Waals surface area contributed by atoms with Crippen molar-refractivity contribution in [2.24, 2.45) is 0 Å². The lowest BCUT2D eigenvalue weighted by Crippen LogP contribution is -2.62. The molecule has 0 aliphatic carbocycles. The number of ether oxygens (including phenoxy) is 2. The second-order valence-electron chi connectivity index (χ2n) is 20.0. The fourth-order valence-corrected chi connectivity index (χ4v) is 9.10. The summed E-state index contributed by atoms with van der Waals surface area (Å²) in [5.41, 5.74) is -0.841. The number of hydrogen-bond acceptors (Lipinski definition) is 5. The first kappa shape index (κ1) is 53.4. The minimum absolute atomic E-state index is 0.0273. The summed E-state index contributed by atoms with van der Waals surface area (Å²) in [4.78, 5) is 19.4. The van der Waals surface area contributed by atoms with Crippen LogP contribution in [0.1, 0.15) is 287 Å². The first-order chi connectivity index (χ1) is 26.9. The Balaban J connectivity index is 2.09. The van der Waals surface area contributed by atoms with E-state index in [0.717, 1.165) is 38.7 Å². The van der Waals surface area contributed by atoms with Crippen LogP contribution in [-0.2, 0) is 19.1 Å². The van der Waals surface area contributed by atoms with Crippen molar-refractivity contribution in [1.29, 1.82) is 0 Å². The third-order valence-corrected chi connectivity index (χ3v) is 12.4. The number of nitrogens with zero attached hydrogens (tertiary/aromatic N) is 1. The topological polar surface area (TPSA) is 48.0 Å². The summed E-state index contributed by atoms with van der Waals surface area (Å²) in [7, 11) is 0. The molecule has 0 N–H and O–H groups in total. The highest BCUT2D eigenvalue weighted by Gasteiger charge is 2.48. The molecule has 1 fully saturated rings. The largest absolute Gasteiger partial charge is 0.462 e. The first-order valence-electron chi connectivity index (χ1n) is 25.2. The van der Waals surface area contributed by atoms with Gasteiger partial charge in [0, 0.05) is 36.9 Å². The lowest BCUT2D eigenvalue weighted by atomic mass is 9.80. The van der Waals surface area contributed by atoms with Crippen LogP contribution < -0.4 is 0 Å². The first-order valence-corrected chi connectivity index (χ1v) is 25.2. The Hall–Kier alpha value is -0.650. The normalized spacial score (nSPS) is 16.1. The third kappa shape index (κ3) is 29.5. The van der Waals surface area contributed by atoms with Crippen molar-refractivity contribution in [3.8, 4) is 0 Å². The van der Waals surface area contributed by atoms with Gasteiger partial charge in [-0.05, 0) is 54.4 Å². The number of hydrogen-bond donors (Lipinski definition) is 0. The molecule has 0 amide bonds. The number of hydroxylamine groups is 2. The second-order valence-corrected chi connectivity index (χ2v) is 20.0. The van der Waals surface area contributed by atoms with Gasteiger partial charge in [0.15, 0.2) is 0 Å². The molecule has 0 unspecified atom stereocenters. The van der Waals surface area contributed by atoms with Crippen LogP contribution in [0.3, 0.4) is 0 Å². The van der Waals surface area contributed by atoms with E-state index >= 15 is 0 Å². The second kappa shape index (κ2) is 34.1. The number of unbranched alkanes of at least 4 members (excludes halogenated alkanes) is 31. The van der Waals surface area contributed by atoms with Gasteiger partial charge in [0.05, 0.1) is 12.2 Å². The standard InChI is InChI=1S/C51H101NO4/c1-9-11-13-15-17-19-21-23-25-27-28-30-32-34-36-38-40-42-48(53)56-47-44-49(3,4)52(50(5,6)45-47)55-46-51(7,8)54-43-41-39-37-35-33-31-29-26-24-22-20-18-16-14-12-10-2/h47H,9-46H2,1-8H3. The average Bonchev–Trinajstić information content (AvgIpc) is 3.13. The molecule has 1 saturated heterocycles. The van der Waals surface area contributed by atoms with Gasteiger partial charge in [-0.15, -0.1) is 0 Å². The highest BCUT2D eigenvalue weighted by atomic mass is 16.7. The SMILES string of the molecule is CCCCCCCCCCCCCCCCCCCC(=O)OC1CC(C)(C)N(OCC(C)(C)OCCCCCCCCCCCCCCCCCC)C(C)(C)C1. The predicted octanol–water partition coefficient (Wildman–Crippen LogP) is 16.6. The molecular formula is C51H101NO4. The maximum atomic E-state index is 12.8. The summed E-state index contributed by atoms with van der Waals surface area (Å²) >= 11 is 0. The lowest BCUT2D eigenvalue weighted by Gasteiger charge is -2.53. The fraction of sp³-hybridized carbons (Fsp3) is 0.980. The monoisotopic (exact) mass is 792 g/mol. The van der Waals surface area contributed by atoms with E-state index in [4.69, 9.17) is 14.3 Å². The fourth-order valence-electron chi connectivity index (χ4n) is 9.10. The van der Waals surface area contributed by atoms with E-state index in [1.165, 1.54) is 193 Å². The summed E-state index contributed by atoms with van der Waals surface area (Å²) in [5.74, 6) is -0.0273. The summed E-state index contributed by atoms with van der Waals surface area (Å²) in [6, 6.07) is 0. The summed E-state index contributed by atoms with van der Waals surface area (Å²) in [6.07, 6.45) is 47.1. The molecule has 0 aromatic rings. The molecule has 0 spiro atoms. The molecule has 0 radical (unpaired) electrons. The van der Waals surface area contributed by atoms with Crippen LogP contribution in [0.5, 0.6) is 0 Å². The van der Waals surface area contributed by atoms with Crippen LogP contribution >= 0.6 is 0 Å². The zero-order valence-corrected chi connectivity index (χ0v) is 39.5. The van der Waals surface area contributed by atoms with Gasteiger partial charge in [-0.2, -0.15) is 5.06 Å². The van der Waals surface area contributed by atoms with Gasteiger partial charge in [0.2, 0.25) is 0 Å². The van der Waals surface area contributed by atoms with E-state index in [-0.39, 0.29) is 28.8 Å². The number of rotatable bonds is 40. The van der Waals surface area contributed by atoms with Gasteiger partial charge in [-0.3, -0.25) is 9.63 Å². The Morgan fingerprint density at radius 1 is 0.500 bits per heavy atom. The molecule has 0 aromatic carbocycles. The average molecular weight is 792 g/mol. The highest BCUT2D eigenvalue weighted by molar-refractivity contribution is 5.69. The van der Waals surface area contributed by atoms with E-state index in [1.807, 2.05) is 0 Å². The van der Waals surface area contributed by atoms with Crippen molar-refractivity contribution >= 4 is 5.97 Å². The van der Waals surface area contributed by atoms with Crippen LogP contribution in [0.2, 0.25) is 0 Å². The van der Waals surface area contributed by atoms with E-state index in [0.29, 0.717) is 13.0 Å². The Labute approximate surface area is 351 Å².